The van der Waals surface area contributed by atoms with E-state index in [-0.39, 0.29) is 0 Å². The lowest BCUT2D eigenvalue weighted by Gasteiger charge is -2.08. The van der Waals surface area contributed by atoms with E-state index in [0.717, 1.165) is 18.8 Å². The Bertz CT molecular complexity index is 289. The van der Waals surface area contributed by atoms with Gasteiger partial charge in [-0.2, -0.15) is 4.98 Å². The molecule has 1 aromatic rings. The van der Waals surface area contributed by atoms with E-state index >= 15 is 0 Å². The first-order valence-electron chi connectivity index (χ1n) is 4.91. The summed E-state index contributed by atoms with van der Waals surface area (Å²) in [6.07, 6.45) is 0.951. The van der Waals surface area contributed by atoms with Crippen molar-refractivity contribution in [2.45, 2.75) is 20.3 Å². The molecule has 0 radical (unpaired) electrons. The van der Waals surface area contributed by atoms with Gasteiger partial charge in [-0.1, -0.05) is 6.92 Å². The summed E-state index contributed by atoms with van der Waals surface area (Å²) in [5.74, 6) is 1.32. The van der Waals surface area contributed by atoms with Gasteiger partial charge in [0, 0.05) is 6.54 Å². The fourth-order valence-electron chi connectivity index (χ4n) is 1.05. The van der Waals surface area contributed by atoms with Gasteiger partial charge in [0.25, 0.3) is 0 Å². The molecule has 78 valence electrons. The second-order valence-electron chi connectivity index (χ2n) is 2.97. The zero-order valence-electron chi connectivity index (χ0n) is 8.71. The van der Waals surface area contributed by atoms with E-state index in [9.17, 15) is 0 Å². The molecule has 4 nitrogen and oxygen atoms in total. The van der Waals surface area contributed by atoms with Crippen molar-refractivity contribution in [3.63, 3.8) is 0 Å². The molecule has 1 aromatic heterocycles. The SMILES string of the molecule is CCCOc1nc(NCC)ccc1N. The molecular weight excluding hydrogens is 178 g/mol. The molecule has 1 rings (SSSR count). The molecule has 0 unspecified atom stereocenters. The van der Waals surface area contributed by atoms with Crippen LogP contribution in [0, 0.1) is 0 Å². The lowest BCUT2D eigenvalue weighted by atomic mass is 10.4. The maximum absolute atomic E-state index is 5.71. The van der Waals surface area contributed by atoms with Crippen molar-refractivity contribution in [3.8, 4) is 5.88 Å². The van der Waals surface area contributed by atoms with Gasteiger partial charge in [0.1, 0.15) is 5.82 Å². The van der Waals surface area contributed by atoms with E-state index in [1.165, 1.54) is 0 Å². The fourth-order valence-corrected chi connectivity index (χ4v) is 1.05. The number of pyridine rings is 1. The molecule has 0 saturated carbocycles. The molecule has 0 fully saturated rings. The van der Waals surface area contributed by atoms with Gasteiger partial charge in [0.2, 0.25) is 5.88 Å². The highest BCUT2D eigenvalue weighted by Crippen LogP contribution is 2.20. The summed E-state index contributed by atoms with van der Waals surface area (Å²) < 4.78 is 5.40. The molecule has 0 spiro atoms. The van der Waals surface area contributed by atoms with Crippen LogP contribution in [0.15, 0.2) is 12.1 Å². The fraction of sp³-hybridized carbons (Fsp3) is 0.500. The number of ether oxygens (including phenoxy) is 1. The van der Waals surface area contributed by atoms with E-state index in [0.29, 0.717) is 18.2 Å². The highest BCUT2D eigenvalue weighted by molar-refractivity contribution is 5.53. The molecule has 0 amide bonds. The van der Waals surface area contributed by atoms with Gasteiger partial charge in [-0.05, 0) is 25.5 Å². The maximum atomic E-state index is 5.71. The number of nitrogens with one attached hydrogen (secondary N) is 1. The summed E-state index contributed by atoms with van der Waals surface area (Å²) in [6.45, 7) is 5.55. The molecule has 14 heavy (non-hydrogen) atoms. The lowest BCUT2D eigenvalue weighted by Crippen LogP contribution is -2.05. The van der Waals surface area contributed by atoms with Crippen molar-refractivity contribution in [2.24, 2.45) is 0 Å². The van der Waals surface area contributed by atoms with Crippen LogP contribution in [0.3, 0.4) is 0 Å². The first-order chi connectivity index (χ1) is 6.77. The Morgan fingerprint density at radius 3 is 2.86 bits per heavy atom. The van der Waals surface area contributed by atoms with Crippen molar-refractivity contribution >= 4 is 11.5 Å². The van der Waals surface area contributed by atoms with Crippen LogP contribution in [0.4, 0.5) is 11.5 Å². The standard InChI is InChI=1S/C10H17N3O/c1-3-7-14-10-8(11)5-6-9(13-10)12-4-2/h5-6H,3-4,7,11H2,1-2H3,(H,12,13). The first-order valence-corrected chi connectivity index (χ1v) is 4.91. The molecule has 0 atom stereocenters. The Balaban J connectivity index is 2.74. The smallest absolute Gasteiger partial charge is 0.239 e. The number of hydrogen-bond acceptors (Lipinski definition) is 4. The zero-order chi connectivity index (χ0) is 10.4. The van der Waals surface area contributed by atoms with Crippen LogP contribution in [0.5, 0.6) is 5.88 Å². The number of nitrogens with two attached hydrogens (primary N) is 1. The van der Waals surface area contributed by atoms with E-state index < -0.39 is 0 Å². The van der Waals surface area contributed by atoms with Crippen LogP contribution in [-0.2, 0) is 0 Å². The van der Waals surface area contributed by atoms with Gasteiger partial charge >= 0.3 is 0 Å². The summed E-state index contributed by atoms with van der Waals surface area (Å²) in [5, 5.41) is 3.10. The Labute approximate surface area is 84.5 Å². The van der Waals surface area contributed by atoms with Gasteiger partial charge in [-0.25, -0.2) is 0 Å². The van der Waals surface area contributed by atoms with Crippen molar-refractivity contribution < 1.29 is 4.74 Å². The monoisotopic (exact) mass is 195 g/mol. The van der Waals surface area contributed by atoms with Crippen molar-refractivity contribution in [2.75, 3.05) is 24.2 Å². The van der Waals surface area contributed by atoms with Gasteiger partial charge in [-0.15, -0.1) is 0 Å². The van der Waals surface area contributed by atoms with Crippen LogP contribution >= 0.6 is 0 Å². The average Bonchev–Trinajstić information content (AvgIpc) is 2.19. The molecule has 0 saturated heterocycles. The number of nitrogens with zero attached hydrogens (tertiary/aromatic N) is 1. The molecule has 4 heteroatoms. The van der Waals surface area contributed by atoms with Gasteiger partial charge in [0.15, 0.2) is 0 Å². The van der Waals surface area contributed by atoms with Crippen LogP contribution in [-0.4, -0.2) is 18.1 Å². The highest BCUT2D eigenvalue weighted by Gasteiger charge is 2.02. The molecular formula is C10H17N3O. The van der Waals surface area contributed by atoms with Gasteiger partial charge in [0.05, 0.1) is 12.3 Å². The third-order valence-corrected chi connectivity index (χ3v) is 1.69. The number of anilines is 2. The van der Waals surface area contributed by atoms with Crippen molar-refractivity contribution in [1.82, 2.24) is 4.98 Å². The Kier molecular flexibility index (Phi) is 4.04. The number of hydrogen-bond donors (Lipinski definition) is 2. The first kappa shape index (κ1) is 10.6. The molecule has 0 bridgehead atoms. The van der Waals surface area contributed by atoms with E-state index in [1.54, 1.807) is 6.07 Å². The van der Waals surface area contributed by atoms with Gasteiger partial charge < -0.3 is 15.8 Å². The quantitative estimate of drug-likeness (QED) is 0.753. The summed E-state index contributed by atoms with van der Waals surface area (Å²) in [7, 11) is 0. The minimum Gasteiger partial charge on any atom is -0.476 e. The lowest BCUT2D eigenvalue weighted by molar-refractivity contribution is 0.307. The minimum atomic E-state index is 0.519. The molecule has 0 aliphatic heterocycles. The van der Waals surface area contributed by atoms with Crippen LogP contribution in [0.2, 0.25) is 0 Å². The molecule has 0 aliphatic rings. The Hall–Kier alpha value is -1.45. The third kappa shape index (κ3) is 2.80. The molecule has 0 aromatic carbocycles. The predicted molar refractivity (Wildman–Crippen MR) is 58.6 cm³/mol. The Morgan fingerprint density at radius 1 is 1.43 bits per heavy atom. The normalized spacial score (nSPS) is 9.86. The summed E-state index contributed by atoms with van der Waals surface area (Å²) in [6, 6.07) is 3.65. The molecule has 1 heterocycles. The maximum Gasteiger partial charge on any atom is 0.239 e. The second-order valence-corrected chi connectivity index (χ2v) is 2.97. The van der Waals surface area contributed by atoms with Crippen LogP contribution in [0.1, 0.15) is 20.3 Å². The summed E-state index contributed by atoms with van der Waals surface area (Å²) >= 11 is 0. The third-order valence-electron chi connectivity index (χ3n) is 1.69. The Morgan fingerprint density at radius 2 is 2.21 bits per heavy atom. The van der Waals surface area contributed by atoms with Crippen molar-refractivity contribution in [1.29, 1.82) is 0 Å². The summed E-state index contributed by atoms with van der Waals surface area (Å²) in [4.78, 5) is 4.24. The minimum absolute atomic E-state index is 0.519. The average molecular weight is 195 g/mol. The molecule has 0 aliphatic carbocycles. The predicted octanol–water partition coefficient (Wildman–Crippen LogP) is 1.88. The molecule has 3 N–H and O–H groups in total. The number of aromatic nitrogens is 1. The topological polar surface area (TPSA) is 60.2 Å². The highest BCUT2D eigenvalue weighted by atomic mass is 16.5. The van der Waals surface area contributed by atoms with E-state index in [2.05, 4.69) is 10.3 Å². The van der Waals surface area contributed by atoms with Gasteiger partial charge in [-0.3, -0.25) is 0 Å². The zero-order valence-corrected chi connectivity index (χ0v) is 8.71. The number of nitrogen functional groups attached to an aromatic ring is 1. The van der Waals surface area contributed by atoms with Crippen molar-refractivity contribution in [3.05, 3.63) is 12.1 Å². The van der Waals surface area contributed by atoms with E-state index in [4.69, 9.17) is 10.5 Å². The second kappa shape index (κ2) is 5.32. The summed E-state index contributed by atoms with van der Waals surface area (Å²) in [5.41, 5.74) is 6.29. The van der Waals surface area contributed by atoms with Crippen LogP contribution < -0.4 is 15.8 Å². The number of rotatable bonds is 5. The van der Waals surface area contributed by atoms with E-state index in [1.807, 2.05) is 19.9 Å². The largest absolute Gasteiger partial charge is 0.476 e. The van der Waals surface area contributed by atoms with Crippen LogP contribution in [0.25, 0.3) is 0 Å².